The van der Waals surface area contributed by atoms with Gasteiger partial charge < -0.3 is 24.5 Å². The number of hydrogen-bond acceptors (Lipinski definition) is 5. The molecule has 3 heterocycles. The summed E-state index contributed by atoms with van der Waals surface area (Å²) in [6.45, 7) is 16.1. The molecule has 8 nitrogen and oxygen atoms in total. The highest BCUT2D eigenvalue weighted by atomic mass is 79.9. The van der Waals surface area contributed by atoms with Crippen molar-refractivity contribution in [2.45, 2.75) is 69.3 Å². The Labute approximate surface area is 274 Å². The molecule has 7 atom stereocenters. The lowest BCUT2D eigenvalue weighted by atomic mass is 9.70. The first kappa shape index (κ1) is 33.1. The van der Waals surface area contributed by atoms with Gasteiger partial charge in [0.15, 0.2) is 0 Å². The van der Waals surface area contributed by atoms with Crippen LogP contribution < -0.4 is 4.90 Å². The molecule has 45 heavy (non-hydrogen) atoms. The van der Waals surface area contributed by atoms with Gasteiger partial charge in [-0.3, -0.25) is 14.4 Å². The number of rotatable bonds is 12. The number of alkyl halides is 1. The topological polar surface area (TPSA) is 90.4 Å². The monoisotopic (exact) mass is 677 g/mol. The summed E-state index contributed by atoms with van der Waals surface area (Å²) in [7, 11) is 0. The molecule has 0 radical (unpaired) electrons. The number of amides is 3. The molecule has 0 saturated carbocycles. The Hall–Kier alpha value is -3.27. The van der Waals surface area contributed by atoms with Gasteiger partial charge in [-0.15, -0.1) is 13.2 Å². The van der Waals surface area contributed by atoms with Gasteiger partial charge in [-0.25, -0.2) is 0 Å². The van der Waals surface area contributed by atoms with Gasteiger partial charge >= 0.3 is 0 Å². The Morgan fingerprint density at radius 3 is 2.42 bits per heavy atom. The van der Waals surface area contributed by atoms with Crippen LogP contribution >= 0.6 is 15.9 Å². The third kappa shape index (κ3) is 5.68. The summed E-state index contributed by atoms with van der Waals surface area (Å²) in [6.07, 6.45) is 3.15. The summed E-state index contributed by atoms with van der Waals surface area (Å²) in [5, 5.41) is 10.6. The van der Waals surface area contributed by atoms with Crippen LogP contribution in [-0.4, -0.2) is 80.9 Å². The Kier molecular flexibility index (Phi) is 9.73. The van der Waals surface area contributed by atoms with E-state index in [1.807, 2.05) is 76.2 Å². The van der Waals surface area contributed by atoms with Crippen LogP contribution in [0.1, 0.15) is 37.0 Å². The van der Waals surface area contributed by atoms with Crippen LogP contribution in [0, 0.1) is 31.6 Å². The van der Waals surface area contributed by atoms with Crippen molar-refractivity contribution in [3.05, 3.63) is 90.5 Å². The standard InChI is InChI=1S/C36H44BrN3O5/c1-7-16-38(20-25-12-10-9-11-13-25)33(42)29-30-34(43)40(28(21-41)22(3)4)32(36(30)19-26(37)31(29)45-36)35(44)39(17-8-2)27-18-23(5)14-15-24(27)6/h7-15,18,22,26,28-32,41H,1-2,16-17,19-21H2,3-6H3/t26?,28-,29+,30-,31+,32?,36?/m0/s1. The Morgan fingerprint density at radius 1 is 1.11 bits per heavy atom. The third-order valence-electron chi connectivity index (χ3n) is 9.67. The summed E-state index contributed by atoms with van der Waals surface area (Å²) in [5.41, 5.74) is 2.34. The lowest BCUT2D eigenvalue weighted by Crippen LogP contribution is -2.60. The molecular weight excluding hydrogens is 634 g/mol. The van der Waals surface area contributed by atoms with E-state index in [9.17, 15) is 19.5 Å². The number of carbonyl (C=O) groups is 3. The number of benzene rings is 2. The molecule has 240 valence electrons. The molecule has 3 saturated heterocycles. The normalized spacial score (nSPS) is 27.4. The second kappa shape index (κ2) is 13.2. The average Bonchev–Trinajstić information content (AvgIpc) is 3.60. The highest BCUT2D eigenvalue weighted by Crippen LogP contribution is 2.61. The van der Waals surface area contributed by atoms with Crippen LogP contribution in [-0.2, 0) is 25.7 Å². The molecule has 2 aromatic rings. The molecule has 0 aromatic heterocycles. The number of nitrogens with zero attached hydrogens (tertiary/aromatic N) is 3. The zero-order chi connectivity index (χ0) is 32.6. The minimum atomic E-state index is -1.25. The number of halogens is 1. The number of fused-ring (bicyclic) bond motifs is 1. The van der Waals surface area contributed by atoms with Crippen molar-refractivity contribution in [3.8, 4) is 0 Å². The van der Waals surface area contributed by atoms with Crippen molar-refractivity contribution in [2.24, 2.45) is 17.8 Å². The van der Waals surface area contributed by atoms with E-state index in [2.05, 4.69) is 29.1 Å². The molecule has 1 N–H and O–H groups in total. The molecule has 3 aliphatic heterocycles. The minimum Gasteiger partial charge on any atom is -0.394 e. The molecule has 3 aliphatic rings. The predicted octanol–water partition coefficient (Wildman–Crippen LogP) is 4.80. The van der Waals surface area contributed by atoms with Crippen molar-refractivity contribution in [3.63, 3.8) is 0 Å². The second-order valence-electron chi connectivity index (χ2n) is 12.9. The van der Waals surface area contributed by atoms with Gasteiger partial charge in [0.05, 0.1) is 30.6 Å². The highest BCUT2D eigenvalue weighted by Gasteiger charge is 2.77. The van der Waals surface area contributed by atoms with Gasteiger partial charge in [0.2, 0.25) is 11.8 Å². The van der Waals surface area contributed by atoms with E-state index in [4.69, 9.17) is 4.74 Å². The minimum absolute atomic E-state index is 0.153. The van der Waals surface area contributed by atoms with E-state index in [-0.39, 0.29) is 41.6 Å². The number of ether oxygens (including phenoxy) is 1. The number of hydrogen-bond donors (Lipinski definition) is 1. The largest absolute Gasteiger partial charge is 0.394 e. The van der Waals surface area contributed by atoms with E-state index in [1.165, 1.54) is 0 Å². The van der Waals surface area contributed by atoms with Crippen LogP contribution in [0.2, 0.25) is 0 Å². The molecule has 3 unspecified atom stereocenters. The van der Waals surface area contributed by atoms with Crippen molar-refractivity contribution in [1.82, 2.24) is 9.80 Å². The number of anilines is 1. The smallest absolute Gasteiger partial charge is 0.253 e. The molecule has 9 heteroatoms. The first-order chi connectivity index (χ1) is 21.5. The van der Waals surface area contributed by atoms with Crippen LogP contribution in [0.25, 0.3) is 0 Å². The van der Waals surface area contributed by atoms with E-state index >= 15 is 0 Å². The summed E-state index contributed by atoms with van der Waals surface area (Å²) in [5.74, 6) is -2.67. The maximum atomic E-state index is 15.0. The van der Waals surface area contributed by atoms with Gasteiger partial charge in [0.1, 0.15) is 11.6 Å². The lowest BCUT2D eigenvalue weighted by Gasteiger charge is -2.40. The zero-order valence-corrected chi connectivity index (χ0v) is 28.2. The molecule has 5 rings (SSSR count). The Bertz CT molecular complexity index is 1460. The average molecular weight is 679 g/mol. The van der Waals surface area contributed by atoms with Crippen LogP contribution in [0.15, 0.2) is 73.8 Å². The fourth-order valence-corrected chi connectivity index (χ4v) is 8.55. The summed E-state index contributed by atoms with van der Waals surface area (Å²) in [6, 6.07) is 13.9. The fourth-order valence-electron chi connectivity index (χ4n) is 7.60. The molecule has 3 fully saturated rings. The fraction of sp³-hybridized carbons (Fsp3) is 0.472. The highest BCUT2D eigenvalue weighted by molar-refractivity contribution is 9.09. The quantitative estimate of drug-likeness (QED) is 0.258. The first-order valence-corrected chi connectivity index (χ1v) is 16.6. The van der Waals surface area contributed by atoms with Crippen molar-refractivity contribution in [1.29, 1.82) is 0 Å². The third-order valence-corrected chi connectivity index (χ3v) is 10.5. The molecule has 1 spiro atoms. The Morgan fingerprint density at radius 2 is 1.80 bits per heavy atom. The van der Waals surface area contributed by atoms with Crippen LogP contribution in [0.3, 0.4) is 0 Å². The first-order valence-electron chi connectivity index (χ1n) is 15.7. The summed E-state index contributed by atoms with van der Waals surface area (Å²) >= 11 is 3.79. The SMILES string of the molecule is C=CCN(Cc1ccccc1)C(=O)[C@H]1[C@@H]2OC3(CC2Br)C(C(=O)N(CC=C)c2cc(C)ccc2C)N([C@@H](CO)C(C)C)C(=O)[C@H]13. The molecule has 2 aromatic carbocycles. The summed E-state index contributed by atoms with van der Waals surface area (Å²) in [4.78, 5) is 48.9. The molecular formula is C36H44BrN3O5. The Balaban J connectivity index is 1.62. The van der Waals surface area contributed by atoms with E-state index in [0.29, 0.717) is 19.5 Å². The number of aliphatic hydroxyl groups excluding tert-OH is 1. The van der Waals surface area contributed by atoms with Gasteiger partial charge in [-0.1, -0.05) is 84.4 Å². The second-order valence-corrected chi connectivity index (χ2v) is 14.1. The van der Waals surface area contributed by atoms with Crippen LogP contribution in [0.5, 0.6) is 0 Å². The molecule has 3 amide bonds. The van der Waals surface area contributed by atoms with E-state index in [0.717, 1.165) is 22.4 Å². The van der Waals surface area contributed by atoms with Gasteiger partial charge in [-0.05, 0) is 48.9 Å². The molecule has 0 aliphatic carbocycles. The lowest BCUT2D eigenvalue weighted by molar-refractivity contribution is -0.148. The van der Waals surface area contributed by atoms with E-state index < -0.39 is 35.6 Å². The number of aryl methyl sites for hydroxylation is 2. The van der Waals surface area contributed by atoms with Gasteiger partial charge in [0, 0.05) is 30.1 Å². The summed E-state index contributed by atoms with van der Waals surface area (Å²) < 4.78 is 6.80. The maximum Gasteiger partial charge on any atom is 0.253 e. The van der Waals surface area contributed by atoms with E-state index in [1.54, 1.807) is 26.9 Å². The predicted molar refractivity (Wildman–Crippen MR) is 179 cm³/mol. The van der Waals surface area contributed by atoms with Crippen molar-refractivity contribution in [2.75, 3.05) is 24.6 Å². The zero-order valence-electron chi connectivity index (χ0n) is 26.6. The van der Waals surface area contributed by atoms with Crippen molar-refractivity contribution >= 4 is 39.3 Å². The van der Waals surface area contributed by atoms with Crippen LogP contribution in [0.4, 0.5) is 5.69 Å². The van der Waals surface area contributed by atoms with Gasteiger partial charge in [-0.2, -0.15) is 0 Å². The number of aliphatic hydroxyl groups is 1. The maximum absolute atomic E-state index is 15.0. The van der Waals surface area contributed by atoms with Gasteiger partial charge in [0.25, 0.3) is 5.91 Å². The number of carbonyl (C=O) groups excluding carboxylic acids is 3. The van der Waals surface area contributed by atoms with Crippen molar-refractivity contribution < 1.29 is 24.2 Å². The molecule has 2 bridgehead atoms. The number of likely N-dealkylation sites (tertiary alicyclic amines) is 1.